The van der Waals surface area contributed by atoms with Crippen LogP contribution in [-0.4, -0.2) is 11.1 Å². The van der Waals surface area contributed by atoms with Gasteiger partial charge in [-0.15, -0.1) is 0 Å². The maximum atomic E-state index is 9.02. The van der Waals surface area contributed by atoms with Gasteiger partial charge in [0, 0.05) is 11.7 Å². The van der Waals surface area contributed by atoms with Gasteiger partial charge in [-0.1, -0.05) is 32.4 Å². The Hall–Kier alpha value is -1.02. The van der Waals surface area contributed by atoms with E-state index in [0.717, 1.165) is 11.3 Å². The highest BCUT2D eigenvalue weighted by molar-refractivity contribution is 5.46. The lowest BCUT2D eigenvalue weighted by molar-refractivity contribution is 0.282. The SMILES string of the molecule is CCC(C)C(C)Nc1cccc(CO)c1. The molecule has 0 heterocycles. The van der Waals surface area contributed by atoms with Crippen molar-refractivity contribution in [3.8, 4) is 0 Å². The summed E-state index contributed by atoms with van der Waals surface area (Å²) in [5.41, 5.74) is 2.05. The molecule has 0 aromatic heterocycles. The lowest BCUT2D eigenvalue weighted by atomic mass is 10.0. The lowest BCUT2D eigenvalue weighted by Gasteiger charge is -2.21. The van der Waals surface area contributed by atoms with Gasteiger partial charge in [0.25, 0.3) is 0 Å². The Morgan fingerprint density at radius 1 is 1.33 bits per heavy atom. The number of hydrogen-bond acceptors (Lipinski definition) is 2. The van der Waals surface area contributed by atoms with Crippen molar-refractivity contribution in [3.63, 3.8) is 0 Å². The topological polar surface area (TPSA) is 32.3 Å². The summed E-state index contributed by atoms with van der Waals surface area (Å²) in [5.74, 6) is 0.655. The molecule has 2 nitrogen and oxygen atoms in total. The van der Waals surface area contributed by atoms with Crippen molar-refractivity contribution in [3.05, 3.63) is 29.8 Å². The lowest BCUT2D eigenvalue weighted by Crippen LogP contribution is -2.23. The molecule has 0 radical (unpaired) electrons. The Balaban J connectivity index is 2.63. The predicted octanol–water partition coefficient (Wildman–Crippen LogP) is 3.03. The van der Waals surface area contributed by atoms with E-state index in [1.165, 1.54) is 6.42 Å². The van der Waals surface area contributed by atoms with Gasteiger partial charge < -0.3 is 10.4 Å². The monoisotopic (exact) mass is 207 g/mol. The van der Waals surface area contributed by atoms with Gasteiger partial charge in [-0.2, -0.15) is 0 Å². The molecule has 0 spiro atoms. The van der Waals surface area contributed by atoms with E-state index in [0.29, 0.717) is 12.0 Å². The molecule has 0 saturated carbocycles. The van der Waals surface area contributed by atoms with Gasteiger partial charge in [0.05, 0.1) is 6.61 Å². The second-order valence-electron chi connectivity index (χ2n) is 4.18. The number of aliphatic hydroxyl groups is 1. The van der Waals surface area contributed by atoms with Crippen LogP contribution in [-0.2, 0) is 6.61 Å². The highest BCUT2D eigenvalue weighted by atomic mass is 16.3. The molecule has 15 heavy (non-hydrogen) atoms. The first-order chi connectivity index (χ1) is 7.17. The summed E-state index contributed by atoms with van der Waals surface area (Å²) in [4.78, 5) is 0. The maximum Gasteiger partial charge on any atom is 0.0682 e. The van der Waals surface area contributed by atoms with Crippen LogP contribution in [0.5, 0.6) is 0 Å². The Morgan fingerprint density at radius 3 is 2.67 bits per heavy atom. The van der Waals surface area contributed by atoms with Crippen LogP contribution in [0.2, 0.25) is 0 Å². The molecule has 0 saturated heterocycles. The first-order valence-electron chi connectivity index (χ1n) is 5.63. The number of hydrogen-bond donors (Lipinski definition) is 2. The van der Waals surface area contributed by atoms with E-state index >= 15 is 0 Å². The zero-order valence-corrected chi connectivity index (χ0v) is 9.83. The number of nitrogens with one attached hydrogen (secondary N) is 1. The van der Waals surface area contributed by atoms with Gasteiger partial charge in [0.15, 0.2) is 0 Å². The van der Waals surface area contributed by atoms with Crippen molar-refractivity contribution in [2.45, 2.75) is 39.8 Å². The molecule has 0 aliphatic heterocycles. The number of aliphatic hydroxyl groups excluding tert-OH is 1. The molecular weight excluding hydrogens is 186 g/mol. The normalized spacial score (nSPS) is 14.7. The standard InChI is InChI=1S/C13H21NO/c1-4-10(2)11(3)14-13-7-5-6-12(8-13)9-15/h5-8,10-11,14-15H,4,9H2,1-3H3. The molecule has 2 heteroatoms. The van der Waals surface area contributed by atoms with Crippen LogP contribution >= 0.6 is 0 Å². The minimum absolute atomic E-state index is 0.104. The summed E-state index contributed by atoms with van der Waals surface area (Å²) in [6, 6.07) is 8.40. The first-order valence-corrected chi connectivity index (χ1v) is 5.63. The van der Waals surface area contributed by atoms with Crippen LogP contribution in [0.25, 0.3) is 0 Å². The summed E-state index contributed by atoms with van der Waals surface area (Å²) >= 11 is 0. The molecule has 1 rings (SSSR count). The van der Waals surface area contributed by atoms with Gasteiger partial charge in [-0.3, -0.25) is 0 Å². The average molecular weight is 207 g/mol. The first kappa shape index (κ1) is 12.1. The van der Waals surface area contributed by atoms with Gasteiger partial charge in [0.2, 0.25) is 0 Å². The van der Waals surface area contributed by atoms with E-state index in [9.17, 15) is 0 Å². The van der Waals surface area contributed by atoms with Crippen molar-refractivity contribution in [2.24, 2.45) is 5.92 Å². The maximum absolute atomic E-state index is 9.02. The molecule has 2 N–H and O–H groups in total. The van der Waals surface area contributed by atoms with E-state index in [2.05, 4.69) is 26.1 Å². The van der Waals surface area contributed by atoms with Crippen molar-refractivity contribution in [2.75, 3.05) is 5.32 Å². The molecule has 0 aliphatic rings. The molecule has 1 aromatic carbocycles. The predicted molar refractivity (Wildman–Crippen MR) is 64.9 cm³/mol. The minimum atomic E-state index is 0.104. The summed E-state index contributed by atoms with van der Waals surface area (Å²) in [6.07, 6.45) is 1.17. The van der Waals surface area contributed by atoms with Crippen molar-refractivity contribution in [1.82, 2.24) is 0 Å². The Bertz CT molecular complexity index is 298. The Kier molecular flexibility index (Phi) is 4.63. The molecule has 0 aliphatic carbocycles. The average Bonchev–Trinajstić information content (AvgIpc) is 2.28. The van der Waals surface area contributed by atoms with E-state index in [4.69, 9.17) is 5.11 Å². The van der Waals surface area contributed by atoms with Crippen LogP contribution in [0, 0.1) is 5.92 Å². The fourth-order valence-electron chi connectivity index (χ4n) is 1.52. The minimum Gasteiger partial charge on any atom is -0.392 e. The van der Waals surface area contributed by atoms with Crippen molar-refractivity contribution in [1.29, 1.82) is 0 Å². The van der Waals surface area contributed by atoms with E-state index in [1.54, 1.807) is 0 Å². The van der Waals surface area contributed by atoms with E-state index in [1.807, 2.05) is 24.3 Å². The fraction of sp³-hybridized carbons (Fsp3) is 0.538. The number of rotatable bonds is 5. The van der Waals surface area contributed by atoms with Crippen LogP contribution < -0.4 is 5.32 Å². The fourth-order valence-corrected chi connectivity index (χ4v) is 1.52. The van der Waals surface area contributed by atoms with Crippen molar-refractivity contribution < 1.29 is 5.11 Å². The molecular formula is C13H21NO. The summed E-state index contributed by atoms with van der Waals surface area (Å²) in [6.45, 7) is 6.74. The van der Waals surface area contributed by atoms with Gasteiger partial charge in [-0.25, -0.2) is 0 Å². The second kappa shape index (κ2) is 5.76. The molecule has 0 amide bonds. The molecule has 84 valence electrons. The van der Waals surface area contributed by atoms with Crippen LogP contribution in [0.15, 0.2) is 24.3 Å². The van der Waals surface area contributed by atoms with Crippen LogP contribution in [0.3, 0.4) is 0 Å². The Morgan fingerprint density at radius 2 is 2.07 bits per heavy atom. The van der Waals surface area contributed by atoms with Gasteiger partial charge in [0.1, 0.15) is 0 Å². The largest absolute Gasteiger partial charge is 0.392 e. The second-order valence-corrected chi connectivity index (χ2v) is 4.18. The highest BCUT2D eigenvalue weighted by Gasteiger charge is 2.09. The van der Waals surface area contributed by atoms with Gasteiger partial charge in [-0.05, 0) is 30.5 Å². The zero-order valence-electron chi connectivity index (χ0n) is 9.83. The summed E-state index contributed by atoms with van der Waals surface area (Å²) in [7, 11) is 0. The zero-order chi connectivity index (χ0) is 11.3. The third kappa shape index (κ3) is 3.56. The summed E-state index contributed by atoms with van der Waals surface area (Å²) < 4.78 is 0. The molecule has 2 atom stereocenters. The van der Waals surface area contributed by atoms with Crippen LogP contribution in [0.4, 0.5) is 5.69 Å². The van der Waals surface area contributed by atoms with E-state index < -0.39 is 0 Å². The summed E-state index contributed by atoms with van der Waals surface area (Å²) in [5, 5.41) is 12.5. The van der Waals surface area contributed by atoms with Gasteiger partial charge >= 0.3 is 0 Å². The quantitative estimate of drug-likeness (QED) is 0.778. The number of benzene rings is 1. The molecule has 1 aromatic rings. The third-order valence-electron chi connectivity index (χ3n) is 3.00. The highest BCUT2D eigenvalue weighted by Crippen LogP contribution is 2.16. The molecule has 2 unspecified atom stereocenters. The Labute approximate surface area is 92.3 Å². The smallest absolute Gasteiger partial charge is 0.0682 e. The number of anilines is 1. The molecule has 0 fully saturated rings. The van der Waals surface area contributed by atoms with Crippen molar-refractivity contribution >= 4 is 5.69 Å². The van der Waals surface area contributed by atoms with Crippen LogP contribution in [0.1, 0.15) is 32.8 Å². The third-order valence-corrected chi connectivity index (χ3v) is 3.00. The molecule has 0 bridgehead atoms. The van der Waals surface area contributed by atoms with E-state index in [-0.39, 0.29) is 6.61 Å².